The fourth-order valence-corrected chi connectivity index (χ4v) is 2.23. The van der Waals surface area contributed by atoms with Crippen LogP contribution < -0.4 is 10.6 Å². The van der Waals surface area contributed by atoms with Crippen molar-refractivity contribution in [3.63, 3.8) is 0 Å². The first-order valence-corrected chi connectivity index (χ1v) is 6.02. The average molecular weight is 250 g/mol. The van der Waals surface area contributed by atoms with Gasteiger partial charge in [-0.15, -0.1) is 0 Å². The molecule has 0 aromatic heterocycles. The zero-order valence-corrected chi connectivity index (χ0v) is 10.4. The van der Waals surface area contributed by atoms with Crippen LogP contribution in [0.5, 0.6) is 0 Å². The third kappa shape index (κ3) is 2.47. The van der Waals surface area contributed by atoms with Gasteiger partial charge in [-0.3, -0.25) is 4.79 Å². The van der Waals surface area contributed by atoms with Crippen LogP contribution in [0.15, 0.2) is 24.3 Å². The number of amides is 1. The lowest BCUT2D eigenvalue weighted by Crippen LogP contribution is -2.53. The van der Waals surface area contributed by atoms with Crippen LogP contribution in [0.3, 0.4) is 0 Å². The molecule has 1 amide bonds. The van der Waals surface area contributed by atoms with Gasteiger partial charge in [-0.25, -0.2) is 0 Å². The third-order valence-electron chi connectivity index (χ3n) is 3.15. The standard InChI is InChI=1S/C13H18N2O3/c1-9(16)10-4-2-3-5-11(10)15-6-7-18-8-12(15)13(14)17/h2-5,9,12,16H,6-8H2,1H3,(H2,14,17)/t9-,12?/m0/s1. The van der Waals surface area contributed by atoms with Gasteiger partial charge in [0, 0.05) is 17.8 Å². The smallest absolute Gasteiger partial charge is 0.242 e. The van der Waals surface area contributed by atoms with Crippen LogP contribution in [0.1, 0.15) is 18.6 Å². The lowest BCUT2D eigenvalue weighted by Gasteiger charge is -2.36. The number of hydrogen-bond donors (Lipinski definition) is 2. The fraction of sp³-hybridized carbons (Fsp3) is 0.462. The van der Waals surface area contributed by atoms with Crippen molar-refractivity contribution in [2.24, 2.45) is 5.73 Å². The second-order valence-electron chi connectivity index (χ2n) is 4.42. The number of benzene rings is 1. The fourth-order valence-electron chi connectivity index (χ4n) is 2.23. The number of nitrogens with two attached hydrogens (primary N) is 1. The zero-order valence-electron chi connectivity index (χ0n) is 10.4. The molecule has 1 aromatic rings. The van der Waals surface area contributed by atoms with Crippen LogP contribution in [0, 0.1) is 0 Å². The molecule has 1 unspecified atom stereocenters. The summed E-state index contributed by atoms with van der Waals surface area (Å²) < 4.78 is 5.29. The van der Waals surface area contributed by atoms with Crippen LogP contribution in [0.4, 0.5) is 5.69 Å². The Labute approximate surface area is 106 Å². The van der Waals surface area contributed by atoms with Crippen molar-refractivity contribution >= 4 is 11.6 Å². The van der Waals surface area contributed by atoms with Crippen LogP contribution in [0.2, 0.25) is 0 Å². The largest absolute Gasteiger partial charge is 0.389 e. The van der Waals surface area contributed by atoms with Gasteiger partial charge < -0.3 is 20.5 Å². The van der Waals surface area contributed by atoms with E-state index in [-0.39, 0.29) is 0 Å². The van der Waals surface area contributed by atoms with E-state index in [0.29, 0.717) is 19.8 Å². The van der Waals surface area contributed by atoms with Gasteiger partial charge in [0.2, 0.25) is 5.91 Å². The number of primary amides is 1. The van der Waals surface area contributed by atoms with Gasteiger partial charge in [0.1, 0.15) is 6.04 Å². The van der Waals surface area contributed by atoms with Gasteiger partial charge in [-0.2, -0.15) is 0 Å². The molecule has 5 nitrogen and oxygen atoms in total. The van der Waals surface area contributed by atoms with Crippen molar-refractivity contribution < 1.29 is 14.6 Å². The summed E-state index contributed by atoms with van der Waals surface area (Å²) in [5.41, 5.74) is 7.04. The maximum atomic E-state index is 11.5. The van der Waals surface area contributed by atoms with E-state index in [4.69, 9.17) is 10.5 Å². The van der Waals surface area contributed by atoms with Gasteiger partial charge in [0.05, 0.1) is 19.3 Å². The van der Waals surface area contributed by atoms with E-state index in [1.165, 1.54) is 0 Å². The van der Waals surface area contributed by atoms with E-state index in [1.54, 1.807) is 6.92 Å². The first-order chi connectivity index (χ1) is 8.61. The van der Waals surface area contributed by atoms with Crippen LogP contribution in [-0.2, 0) is 9.53 Å². The van der Waals surface area contributed by atoms with Crippen molar-refractivity contribution in [2.75, 3.05) is 24.7 Å². The number of aliphatic hydroxyl groups is 1. The predicted molar refractivity (Wildman–Crippen MR) is 68.2 cm³/mol. The molecule has 1 aliphatic rings. The summed E-state index contributed by atoms with van der Waals surface area (Å²) in [7, 11) is 0. The average Bonchev–Trinajstić information content (AvgIpc) is 2.38. The minimum Gasteiger partial charge on any atom is -0.389 e. The van der Waals surface area contributed by atoms with Crippen LogP contribution in [0.25, 0.3) is 0 Å². The van der Waals surface area contributed by atoms with Gasteiger partial charge in [0.15, 0.2) is 0 Å². The Kier molecular flexibility index (Phi) is 3.84. The van der Waals surface area contributed by atoms with Crippen LogP contribution >= 0.6 is 0 Å². The highest BCUT2D eigenvalue weighted by molar-refractivity contribution is 5.84. The molecule has 1 aliphatic heterocycles. The molecule has 1 fully saturated rings. The predicted octanol–water partition coefficient (Wildman–Crippen LogP) is 0.430. The summed E-state index contributed by atoms with van der Waals surface area (Å²) in [6.45, 7) is 3.15. The van der Waals surface area contributed by atoms with Crippen LogP contribution in [-0.4, -0.2) is 36.8 Å². The highest BCUT2D eigenvalue weighted by atomic mass is 16.5. The topological polar surface area (TPSA) is 75.8 Å². The molecule has 0 bridgehead atoms. The molecule has 5 heteroatoms. The molecule has 0 saturated carbocycles. The molecule has 0 radical (unpaired) electrons. The molecule has 98 valence electrons. The summed E-state index contributed by atoms with van der Waals surface area (Å²) in [6.07, 6.45) is -0.586. The molecular formula is C13H18N2O3. The van der Waals surface area contributed by atoms with E-state index in [9.17, 15) is 9.90 Å². The van der Waals surface area contributed by atoms with E-state index < -0.39 is 18.1 Å². The Morgan fingerprint density at radius 2 is 2.28 bits per heavy atom. The van der Waals surface area contributed by atoms with Gasteiger partial charge in [-0.1, -0.05) is 18.2 Å². The van der Waals surface area contributed by atoms with Crippen molar-refractivity contribution in [2.45, 2.75) is 19.1 Å². The van der Waals surface area contributed by atoms with E-state index in [2.05, 4.69) is 0 Å². The quantitative estimate of drug-likeness (QED) is 0.815. The molecule has 0 aliphatic carbocycles. The number of hydrogen-bond acceptors (Lipinski definition) is 4. The minimum absolute atomic E-state index is 0.295. The van der Waals surface area contributed by atoms with E-state index >= 15 is 0 Å². The molecule has 18 heavy (non-hydrogen) atoms. The Morgan fingerprint density at radius 3 is 2.94 bits per heavy atom. The molecule has 1 heterocycles. The number of morpholine rings is 1. The normalized spacial score (nSPS) is 21.7. The summed E-state index contributed by atoms with van der Waals surface area (Å²) in [5, 5.41) is 9.79. The van der Waals surface area contributed by atoms with Gasteiger partial charge in [0.25, 0.3) is 0 Å². The molecule has 1 saturated heterocycles. The highest BCUT2D eigenvalue weighted by Crippen LogP contribution is 2.28. The Hall–Kier alpha value is -1.59. The number of carbonyl (C=O) groups excluding carboxylic acids is 1. The Morgan fingerprint density at radius 1 is 1.56 bits per heavy atom. The first-order valence-electron chi connectivity index (χ1n) is 6.02. The summed E-state index contributed by atoms with van der Waals surface area (Å²) >= 11 is 0. The third-order valence-corrected chi connectivity index (χ3v) is 3.15. The van der Waals surface area contributed by atoms with Crippen molar-refractivity contribution in [3.8, 4) is 0 Å². The minimum atomic E-state index is -0.586. The number of aliphatic hydroxyl groups excluding tert-OH is 1. The maximum absolute atomic E-state index is 11.5. The molecule has 3 N–H and O–H groups in total. The molecule has 1 aromatic carbocycles. The van der Waals surface area contributed by atoms with Crippen molar-refractivity contribution in [1.82, 2.24) is 0 Å². The Bertz CT molecular complexity index is 434. The second-order valence-corrected chi connectivity index (χ2v) is 4.42. The lowest BCUT2D eigenvalue weighted by atomic mass is 10.0. The number of para-hydroxylation sites is 1. The summed E-state index contributed by atoms with van der Waals surface area (Å²) in [6, 6.07) is 7.02. The van der Waals surface area contributed by atoms with E-state index in [0.717, 1.165) is 11.3 Å². The zero-order chi connectivity index (χ0) is 13.1. The number of rotatable bonds is 3. The maximum Gasteiger partial charge on any atom is 0.242 e. The molecule has 2 rings (SSSR count). The number of nitrogens with zero attached hydrogens (tertiary/aromatic N) is 1. The summed E-state index contributed by atoms with van der Waals surface area (Å²) in [4.78, 5) is 13.4. The van der Waals surface area contributed by atoms with E-state index in [1.807, 2.05) is 29.2 Å². The molecule has 0 spiro atoms. The van der Waals surface area contributed by atoms with Gasteiger partial charge >= 0.3 is 0 Å². The number of anilines is 1. The SMILES string of the molecule is C[C@H](O)c1ccccc1N1CCOCC1C(N)=O. The first kappa shape index (κ1) is 12.9. The van der Waals surface area contributed by atoms with Crippen molar-refractivity contribution in [1.29, 1.82) is 0 Å². The van der Waals surface area contributed by atoms with Gasteiger partial charge in [-0.05, 0) is 13.0 Å². The number of carbonyl (C=O) groups is 1. The number of ether oxygens (including phenoxy) is 1. The van der Waals surface area contributed by atoms with Crippen molar-refractivity contribution in [3.05, 3.63) is 29.8 Å². The molecule has 2 atom stereocenters. The second kappa shape index (κ2) is 5.37. The highest BCUT2D eigenvalue weighted by Gasteiger charge is 2.29. The molecular weight excluding hydrogens is 232 g/mol. The monoisotopic (exact) mass is 250 g/mol. The Balaban J connectivity index is 2.36. The lowest BCUT2D eigenvalue weighted by molar-refractivity contribution is -0.121. The summed E-state index contributed by atoms with van der Waals surface area (Å²) in [5.74, 6) is -0.407.